The van der Waals surface area contributed by atoms with Crippen LogP contribution in [-0.4, -0.2) is 67.8 Å². The van der Waals surface area contributed by atoms with E-state index in [1.165, 1.54) is 12.8 Å². The molecule has 0 radical (unpaired) electrons. The van der Waals surface area contributed by atoms with Gasteiger partial charge in [0, 0.05) is 32.2 Å². The van der Waals surface area contributed by atoms with Crippen LogP contribution in [0.5, 0.6) is 0 Å². The quantitative estimate of drug-likeness (QED) is 0.781. The van der Waals surface area contributed by atoms with Crippen LogP contribution in [0.3, 0.4) is 0 Å². The zero-order valence-corrected chi connectivity index (χ0v) is 12.1. The first-order valence-corrected chi connectivity index (χ1v) is 7.67. The number of nitrogens with one attached hydrogen (secondary N) is 1. The topological polar surface area (TPSA) is 44.8 Å². The normalized spacial score (nSPS) is 22.5. The van der Waals surface area contributed by atoms with Gasteiger partial charge in [-0.2, -0.15) is 0 Å². The van der Waals surface area contributed by atoms with Crippen LogP contribution >= 0.6 is 0 Å². The average molecular weight is 269 g/mol. The minimum absolute atomic E-state index is 0.126. The lowest BCUT2D eigenvalue weighted by molar-refractivity contribution is 0.0569. The fraction of sp³-hybridized carbons (Fsp3) is 0.929. The molecule has 19 heavy (non-hydrogen) atoms. The zero-order valence-electron chi connectivity index (χ0n) is 12.1. The van der Waals surface area contributed by atoms with E-state index < -0.39 is 0 Å². The molecule has 0 aromatic rings. The largest absolute Gasteiger partial charge is 0.449 e. The first kappa shape index (κ1) is 14.6. The van der Waals surface area contributed by atoms with E-state index in [1.54, 1.807) is 0 Å². The maximum Gasteiger partial charge on any atom is 0.409 e. The van der Waals surface area contributed by atoms with Crippen molar-refractivity contribution in [2.24, 2.45) is 0 Å². The summed E-state index contributed by atoms with van der Waals surface area (Å²) in [5, 5.41) is 3.40. The second kappa shape index (κ2) is 7.70. The van der Waals surface area contributed by atoms with Crippen molar-refractivity contribution < 1.29 is 9.53 Å². The van der Waals surface area contributed by atoms with E-state index in [-0.39, 0.29) is 6.09 Å². The van der Waals surface area contributed by atoms with Gasteiger partial charge in [0.25, 0.3) is 0 Å². The van der Waals surface area contributed by atoms with Crippen molar-refractivity contribution in [3.8, 4) is 0 Å². The van der Waals surface area contributed by atoms with E-state index in [4.69, 9.17) is 4.74 Å². The molecule has 2 aliphatic rings. The van der Waals surface area contributed by atoms with Crippen LogP contribution in [0.1, 0.15) is 32.6 Å². The summed E-state index contributed by atoms with van der Waals surface area (Å²) < 4.78 is 5.26. The molecular weight excluding hydrogens is 242 g/mol. The van der Waals surface area contributed by atoms with Gasteiger partial charge in [-0.15, -0.1) is 0 Å². The SMILES string of the molecule is CCCCOC(=O)N1CCN(C2CCNCC2)CC1. The van der Waals surface area contributed by atoms with Crippen molar-refractivity contribution in [2.75, 3.05) is 45.9 Å². The van der Waals surface area contributed by atoms with Gasteiger partial charge >= 0.3 is 6.09 Å². The van der Waals surface area contributed by atoms with E-state index in [1.807, 2.05) is 4.90 Å². The standard InChI is InChI=1S/C14H27N3O2/c1-2-3-12-19-14(18)17-10-8-16(9-11-17)13-4-6-15-7-5-13/h13,15H,2-12H2,1H3. The van der Waals surface area contributed by atoms with Gasteiger partial charge in [-0.25, -0.2) is 4.79 Å². The Morgan fingerprint density at radius 1 is 1.21 bits per heavy atom. The molecule has 1 N–H and O–H groups in total. The Balaban J connectivity index is 1.68. The third kappa shape index (κ3) is 4.35. The van der Waals surface area contributed by atoms with Crippen molar-refractivity contribution in [1.29, 1.82) is 0 Å². The van der Waals surface area contributed by atoms with E-state index in [9.17, 15) is 4.79 Å². The van der Waals surface area contributed by atoms with Crippen LogP contribution < -0.4 is 5.32 Å². The number of unbranched alkanes of at least 4 members (excludes halogenated alkanes) is 1. The summed E-state index contributed by atoms with van der Waals surface area (Å²) in [6.45, 7) is 8.54. The first-order chi connectivity index (χ1) is 9.31. The summed E-state index contributed by atoms with van der Waals surface area (Å²) in [6, 6.07) is 0.708. The number of ether oxygens (including phenoxy) is 1. The van der Waals surface area contributed by atoms with E-state index in [0.717, 1.165) is 52.1 Å². The van der Waals surface area contributed by atoms with Gasteiger partial charge in [-0.05, 0) is 32.4 Å². The minimum Gasteiger partial charge on any atom is -0.449 e. The molecule has 0 aromatic heterocycles. The summed E-state index contributed by atoms with van der Waals surface area (Å²) in [7, 11) is 0. The molecule has 0 unspecified atom stereocenters. The predicted molar refractivity (Wildman–Crippen MR) is 75.3 cm³/mol. The molecule has 0 atom stereocenters. The maximum atomic E-state index is 11.8. The molecule has 5 heteroatoms. The predicted octanol–water partition coefficient (Wildman–Crippen LogP) is 1.29. The van der Waals surface area contributed by atoms with Gasteiger partial charge in [-0.1, -0.05) is 13.3 Å². The van der Waals surface area contributed by atoms with Crippen LogP contribution in [0.2, 0.25) is 0 Å². The highest BCUT2D eigenvalue weighted by atomic mass is 16.6. The molecule has 110 valence electrons. The smallest absolute Gasteiger partial charge is 0.409 e. The summed E-state index contributed by atoms with van der Waals surface area (Å²) in [5.74, 6) is 0. The lowest BCUT2D eigenvalue weighted by Crippen LogP contribution is -2.54. The van der Waals surface area contributed by atoms with Crippen LogP contribution in [-0.2, 0) is 4.74 Å². The number of hydrogen-bond acceptors (Lipinski definition) is 4. The van der Waals surface area contributed by atoms with Gasteiger partial charge in [0.1, 0.15) is 0 Å². The number of rotatable bonds is 4. The second-order valence-corrected chi connectivity index (χ2v) is 5.47. The Morgan fingerprint density at radius 3 is 2.53 bits per heavy atom. The number of carbonyl (C=O) groups excluding carboxylic acids is 1. The summed E-state index contributed by atoms with van der Waals surface area (Å²) in [5.41, 5.74) is 0. The van der Waals surface area contributed by atoms with Crippen LogP contribution in [0.25, 0.3) is 0 Å². The molecule has 0 saturated carbocycles. The Hall–Kier alpha value is -0.810. The number of piperidine rings is 1. The number of amides is 1. The molecule has 0 spiro atoms. The van der Waals surface area contributed by atoms with Gasteiger partial charge in [0.15, 0.2) is 0 Å². The maximum absolute atomic E-state index is 11.8. The third-order valence-corrected chi connectivity index (χ3v) is 4.12. The first-order valence-electron chi connectivity index (χ1n) is 7.67. The summed E-state index contributed by atoms with van der Waals surface area (Å²) in [4.78, 5) is 16.2. The fourth-order valence-corrected chi connectivity index (χ4v) is 2.84. The Labute approximate surface area is 116 Å². The van der Waals surface area contributed by atoms with Crippen molar-refractivity contribution >= 4 is 6.09 Å². The second-order valence-electron chi connectivity index (χ2n) is 5.47. The average Bonchev–Trinajstić information content (AvgIpc) is 2.48. The van der Waals surface area contributed by atoms with E-state index in [0.29, 0.717) is 12.6 Å². The Kier molecular flexibility index (Phi) is 5.92. The molecule has 2 heterocycles. The Bertz CT molecular complexity index is 272. The Morgan fingerprint density at radius 2 is 1.89 bits per heavy atom. The van der Waals surface area contributed by atoms with E-state index in [2.05, 4.69) is 17.1 Å². The lowest BCUT2D eigenvalue weighted by Gasteiger charge is -2.40. The highest BCUT2D eigenvalue weighted by molar-refractivity contribution is 5.67. The van der Waals surface area contributed by atoms with Crippen LogP contribution in [0, 0.1) is 0 Å². The molecule has 2 fully saturated rings. The molecule has 0 bridgehead atoms. The molecule has 2 rings (SSSR count). The van der Waals surface area contributed by atoms with Crippen LogP contribution in [0.15, 0.2) is 0 Å². The number of piperazine rings is 1. The van der Waals surface area contributed by atoms with Gasteiger partial charge in [0.05, 0.1) is 6.61 Å². The number of nitrogens with zero attached hydrogens (tertiary/aromatic N) is 2. The summed E-state index contributed by atoms with van der Waals surface area (Å²) >= 11 is 0. The molecular formula is C14H27N3O2. The van der Waals surface area contributed by atoms with Crippen molar-refractivity contribution in [2.45, 2.75) is 38.6 Å². The number of hydrogen-bond donors (Lipinski definition) is 1. The zero-order chi connectivity index (χ0) is 13.5. The highest BCUT2D eigenvalue weighted by Crippen LogP contribution is 2.14. The van der Waals surface area contributed by atoms with Gasteiger partial charge < -0.3 is 15.0 Å². The fourth-order valence-electron chi connectivity index (χ4n) is 2.84. The molecule has 5 nitrogen and oxygen atoms in total. The highest BCUT2D eigenvalue weighted by Gasteiger charge is 2.27. The van der Waals surface area contributed by atoms with Gasteiger partial charge in [0.2, 0.25) is 0 Å². The van der Waals surface area contributed by atoms with Crippen molar-refractivity contribution in [1.82, 2.24) is 15.1 Å². The van der Waals surface area contributed by atoms with Crippen molar-refractivity contribution in [3.05, 3.63) is 0 Å². The summed E-state index contributed by atoms with van der Waals surface area (Å²) in [6.07, 6.45) is 4.37. The third-order valence-electron chi connectivity index (χ3n) is 4.12. The van der Waals surface area contributed by atoms with Crippen LogP contribution in [0.4, 0.5) is 4.79 Å². The molecule has 2 aliphatic heterocycles. The van der Waals surface area contributed by atoms with Crippen molar-refractivity contribution in [3.63, 3.8) is 0 Å². The number of carbonyl (C=O) groups is 1. The molecule has 0 aliphatic carbocycles. The molecule has 0 aromatic carbocycles. The minimum atomic E-state index is -0.126. The lowest BCUT2D eigenvalue weighted by atomic mass is 10.0. The van der Waals surface area contributed by atoms with Gasteiger partial charge in [-0.3, -0.25) is 4.90 Å². The van der Waals surface area contributed by atoms with E-state index >= 15 is 0 Å². The molecule has 1 amide bonds. The molecule has 2 saturated heterocycles. The monoisotopic (exact) mass is 269 g/mol.